The van der Waals surface area contributed by atoms with E-state index in [1.165, 1.54) is 0 Å². The molecule has 7 heteroatoms. The van der Waals surface area contributed by atoms with Crippen molar-refractivity contribution in [3.8, 4) is 17.1 Å². The Morgan fingerprint density at radius 1 is 1.06 bits per heavy atom. The fourth-order valence-corrected chi connectivity index (χ4v) is 4.34. The second-order valence-corrected chi connectivity index (χ2v) is 9.04. The maximum atomic E-state index is 6.21. The molecule has 182 valence electrons. The van der Waals surface area contributed by atoms with Gasteiger partial charge in [0, 0.05) is 30.1 Å². The Bertz CT molecular complexity index is 1500. The van der Waals surface area contributed by atoms with E-state index in [-0.39, 0.29) is 6.04 Å². The van der Waals surface area contributed by atoms with Crippen LogP contribution in [0.4, 0.5) is 11.4 Å². The van der Waals surface area contributed by atoms with Crippen LogP contribution in [0.3, 0.4) is 0 Å². The third-order valence-corrected chi connectivity index (χ3v) is 6.22. The largest absolute Gasteiger partial charge is 0.382 e. The number of aromatic nitrogens is 3. The van der Waals surface area contributed by atoms with Crippen LogP contribution in [-0.4, -0.2) is 33.8 Å². The lowest BCUT2D eigenvalue weighted by Gasteiger charge is -2.20. The first-order valence-electron chi connectivity index (χ1n) is 12.1. The van der Waals surface area contributed by atoms with Crippen molar-refractivity contribution in [2.75, 3.05) is 18.5 Å². The van der Waals surface area contributed by atoms with Crippen LogP contribution in [0, 0.1) is 0 Å². The van der Waals surface area contributed by atoms with Crippen molar-refractivity contribution < 1.29 is 4.74 Å². The molecule has 2 aliphatic rings. The summed E-state index contributed by atoms with van der Waals surface area (Å²) in [6, 6.07) is 24.2. The minimum atomic E-state index is 0.0841. The predicted molar refractivity (Wildman–Crippen MR) is 146 cm³/mol. The van der Waals surface area contributed by atoms with Gasteiger partial charge in [-0.05, 0) is 80.9 Å². The van der Waals surface area contributed by atoms with Crippen LogP contribution in [0.5, 0.6) is 0 Å². The number of nitrogens with one attached hydrogen (secondary N) is 1. The standard InChI is InChI=1S/C29H28ClN5O/c1-3-36-16-14-20(2)32-26-18-29-27(17-25(26)33-22-7-6-15-31-19-22)34-24-8-4-5-9-28(24)35(29)23-12-10-21(30)11-13-23/h4-13,15,17-20,33H,3,14,16H2,1-2H3/b32-26+. The minimum Gasteiger partial charge on any atom is -0.382 e. The van der Waals surface area contributed by atoms with Crippen LogP contribution < -0.4 is 10.7 Å². The number of nitrogens with zero attached hydrogens (tertiary/aromatic N) is 4. The third-order valence-electron chi connectivity index (χ3n) is 5.97. The molecule has 2 heterocycles. The summed E-state index contributed by atoms with van der Waals surface area (Å²) in [6.45, 7) is 5.50. The number of halogens is 1. The molecule has 1 unspecified atom stereocenters. The maximum Gasteiger partial charge on any atom is 0.0900 e. The molecule has 1 aromatic heterocycles. The molecule has 0 saturated heterocycles. The van der Waals surface area contributed by atoms with Crippen LogP contribution in [0.2, 0.25) is 5.02 Å². The minimum absolute atomic E-state index is 0.0841. The highest BCUT2D eigenvalue weighted by Crippen LogP contribution is 2.30. The fraction of sp³-hybridized carbons (Fsp3) is 0.207. The first kappa shape index (κ1) is 24.0. The third kappa shape index (κ3) is 5.25. The van der Waals surface area contributed by atoms with Gasteiger partial charge in [0.05, 0.1) is 51.4 Å². The average molecular weight is 498 g/mol. The van der Waals surface area contributed by atoms with E-state index >= 15 is 0 Å². The van der Waals surface area contributed by atoms with E-state index in [9.17, 15) is 0 Å². The van der Waals surface area contributed by atoms with Crippen molar-refractivity contribution in [2.45, 2.75) is 26.3 Å². The number of para-hydroxylation sites is 2. The molecule has 1 atom stereocenters. The highest BCUT2D eigenvalue weighted by atomic mass is 35.5. The lowest BCUT2D eigenvalue weighted by atomic mass is 10.1. The van der Waals surface area contributed by atoms with Crippen LogP contribution in [0.25, 0.3) is 28.1 Å². The van der Waals surface area contributed by atoms with Crippen molar-refractivity contribution in [3.63, 3.8) is 0 Å². The van der Waals surface area contributed by atoms with Gasteiger partial charge in [0.1, 0.15) is 0 Å². The summed E-state index contributed by atoms with van der Waals surface area (Å²) in [5, 5.41) is 5.05. The SMILES string of the molecule is CCOCCC(C)/N=c1\cc2n(-c3ccc(Cl)cc3)c3ccccc3nc-2cc1Nc1cccnc1. The molecular formula is C29H28ClN5O. The Kier molecular flexibility index (Phi) is 7.26. The molecule has 0 bridgehead atoms. The van der Waals surface area contributed by atoms with E-state index in [0.717, 1.165) is 51.3 Å². The molecule has 3 aromatic rings. The van der Waals surface area contributed by atoms with Crippen molar-refractivity contribution in [3.05, 3.63) is 95.6 Å². The molecule has 5 rings (SSSR count). The van der Waals surface area contributed by atoms with Gasteiger partial charge >= 0.3 is 0 Å². The summed E-state index contributed by atoms with van der Waals surface area (Å²) >= 11 is 6.21. The zero-order chi connectivity index (χ0) is 24.9. The van der Waals surface area contributed by atoms with Crippen LogP contribution in [0.15, 0.2) is 90.2 Å². The van der Waals surface area contributed by atoms with Crippen LogP contribution in [-0.2, 0) is 4.74 Å². The normalized spacial score (nSPS) is 12.8. The van der Waals surface area contributed by atoms with Crippen LogP contribution >= 0.6 is 11.6 Å². The molecule has 0 amide bonds. The monoisotopic (exact) mass is 497 g/mol. The Labute approximate surface area is 215 Å². The quantitative estimate of drug-likeness (QED) is 0.193. The van der Waals surface area contributed by atoms with E-state index in [1.54, 1.807) is 12.4 Å². The maximum absolute atomic E-state index is 6.21. The predicted octanol–water partition coefficient (Wildman–Crippen LogP) is 6.64. The topological polar surface area (TPSA) is 64.3 Å². The van der Waals surface area contributed by atoms with Gasteiger partial charge in [-0.15, -0.1) is 0 Å². The van der Waals surface area contributed by atoms with Gasteiger partial charge in [-0.1, -0.05) is 23.7 Å². The van der Waals surface area contributed by atoms with Gasteiger partial charge in [0.25, 0.3) is 0 Å². The highest BCUT2D eigenvalue weighted by molar-refractivity contribution is 6.30. The van der Waals surface area contributed by atoms with Crippen molar-refractivity contribution in [1.29, 1.82) is 0 Å². The second-order valence-electron chi connectivity index (χ2n) is 8.60. The molecule has 36 heavy (non-hydrogen) atoms. The van der Waals surface area contributed by atoms with Crippen molar-refractivity contribution in [2.24, 2.45) is 4.99 Å². The van der Waals surface area contributed by atoms with E-state index in [1.807, 2.05) is 61.5 Å². The van der Waals surface area contributed by atoms with Gasteiger partial charge < -0.3 is 14.6 Å². The number of hydrogen-bond acceptors (Lipinski definition) is 5. The summed E-state index contributed by atoms with van der Waals surface area (Å²) in [7, 11) is 0. The van der Waals surface area contributed by atoms with Crippen LogP contribution in [0.1, 0.15) is 20.3 Å². The van der Waals surface area contributed by atoms with Gasteiger partial charge in [0.2, 0.25) is 0 Å². The smallest absolute Gasteiger partial charge is 0.0900 e. The van der Waals surface area contributed by atoms with E-state index in [4.69, 9.17) is 26.3 Å². The van der Waals surface area contributed by atoms with Crippen molar-refractivity contribution >= 4 is 34.0 Å². The summed E-state index contributed by atoms with van der Waals surface area (Å²) in [4.78, 5) is 14.3. The first-order chi connectivity index (χ1) is 17.6. The Balaban J connectivity index is 1.74. The number of rotatable bonds is 8. The molecule has 0 spiro atoms. The summed E-state index contributed by atoms with van der Waals surface area (Å²) < 4.78 is 7.78. The molecular weight excluding hydrogens is 470 g/mol. The number of benzene rings is 3. The zero-order valence-corrected chi connectivity index (χ0v) is 21.1. The molecule has 6 nitrogen and oxygen atoms in total. The zero-order valence-electron chi connectivity index (χ0n) is 20.4. The molecule has 1 N–H and O–H groups in total. The van der Waals surface area contributed by atoms with Gasteiger partial charge in [-0.2, -0.15) is 0 Å². The van der Waals surface area contributed by atoms with E-state index < -0.39 is 0 Å². The van der Waals surface area contributed by atoms with Gasteiger partial charge in [-0.25, -0.2) is 4.98 Å². The van der Waals surface area contributed by atoms with Gasteiger partial charge in [0.15, 0.2) is 0 Å². The molecule has 0 fully saturated rings. The summed E-state index contributed by atoms with van der Waals surface area (Å²) in [5.41, 5.74) is 6.51. The van der Waals surface area contributed by atoms with Gasteiger partial charge in [-0.3, -0.25) is 9.98 Å². The molecule has 0 saturated carbocycles. The lowest BCUT2D eigenvalue weighted by molar-refractivity contribution is 0.141. The van der Waals surface area contributed by atoms with E-state index in [0.29, 0.717) is 18.2 Å². The molecule has 0 radical (unpaired) electrons. The number of ether oxygens (including phenoxy) is 1. The highest BCUT2D eigenvalue weighted by Gasteiger charge is 2.17. The van der Waals surface area contributed by atoms with Crippen molar-refractivity contribution in [1.82, 2.24) is 14.5 Å². The second kappa shape index (κ2) is 10.9. The Hall–Kier alpha value is -3.74. The first-order valence-corrected chi connectivity index (χ1v) is 12.5. The number of anilines is 2. The lowest BCUT2D eigenvalue weighted by Crippen LogP contribution is -2.18. The Morgan fingerprint density at radius 2 is 1.89 bits per heavy atom. The molecule has 1 aliphatic heterocycles. The number of pyridine rings is 1. The number of fused-ring (bicyclic) bond motifs is 2. The number of hydrogen-bond donors (Lipinski definition) is 1. The Morgan fingerprint density at radius 3 is 2.67 bits per heavy atom. The fourth-order valence-electron chi connectivity index (χ4n) is 4.21. The summed E-state index contributed by atoms with van der Waals surface area (Å²) in [5.74, 6) is 0. The summed E-state index contributed by atoms with van der Waals surface area (Å²) in [6.07, 6.45) is 4.40. The van der Waals surface area contributed by atoms with E-state index in [2.05, 4.69) is 40.0 Å². The molecule has 1 aliphatic carbocycles. The average Bonchev–Trinajstić information content (AvgIpc) is 2.89. The molecule has 2 aromatic carbocycles.